The Balaban J connectivity index is 2.65. The minimum absolute atomic E-state index is 0.0680. The van der Waals surface area contributed by atoms with Crippen LogP contribution in [0.4, 0.5) is 0 Å². The van der Waals surface area contributed by atoms with Gasteiger partial charge in [-0.15, -0.1) is 0 Å². The summed E-state index contributed by atoms with van der Waals surface area (Å²) >= 11 is 0. The summed E-state index contributed by atoms with van der Waals surface area (Å²) in [6.45, 7) is 7.66. The van der Waals surface area contributed by atoms with Gasteiger partial charge in [0.05, 0.1) is 13.2 Å². The van der Waals surface area contributed by atoms with Crippen LogP contribution in [-0.2, 0) is 4.79 Å². The van der Waals surface area contributed by atoms with Gasteiger partial charge in [0, 0.05) is 6.04 Å². The second-order valence-corrected chi connectivity index (χ2v) is 5.48. The Bertz CT molecular complexity index is 471. The van der Waals surface area contributed by atoms with Gasteiger partial charge in [0.1, 0.15) is 0 Å². The number of ether oxygens (including phenoxy) is 2. The molecule has 0 saturated heterocycles. The molecule has 5 nitrogen and oxygen atoms in total. The lowest BCUT2D eigenvalue weighted by Crippen LogP contribution is -2.38. The number of methoxy groups -OCH3 is 1. The molecule has 1 aromatic carbocycles. The molecule has 1 aromatic rings. The van der Waals surface area contributed by atoms with Gasteiger partial charge in [0.25, 0.3) is 5.91 Å². The number of benzene rings is 1. The van der Waals surface area contributed by atoms with E-state index in [4.69, 9.17) is 9.47 Å². The summed E-state index contributed by atoms with van der Waals surface area (Å²) in [6.07, 6.45) is -0.580. The Morgan fingerprint density at radius 3 is 2.43 bits per heavy atom. The maximum atomic E-state index is 11.8. The van der Waals surface area contributed by atoms with E-state index >= 15 is 0 Å². The van der Waals surface area contributed by atoms with Crippen LogP contribution in [0.15, 0.2) is 18.2 Å². The van der Waals surface area contributed by atoms with Crippen LogP contribution < -0.4 is 14.8 Å². The molecule has 1 amide bonds. The smallest absolute Gasteiger partial charge is 0.258 e. The van der Waals surface area contributed by atoms with Crippen LogP contribution in [0, 0.1) is 5.92 Å². The van der Waals surface area contributed by atoms with E-state index in [1.807, 2.05) is 20.8 Å². The van der Waals surface area contributed by atoms with Crippen molar-refractivity contribution in [1.82, 2.24) is 5.32 Å². The SMILES string of the molecule is COc1cc(C(C)O)ccc1OCC(=O)NC(C)C(C)C. The lowest BCUT2D eigenvalue weighted by molar-refractivity contribution is -0.124. The Kier molecular flexibility index (Phi) is 6.49. The molecule has 0 radical (unpaired) electrons. The van der Waals surface area contributed by atoms with E-state index in [9.17, 15) is 9.90 Å². The van der Waals surface area contributed by atoms with Gasteiger partial charge in [-0.05, 0) is 37.5 Å². The minimum atomic E-state index is -0.580. The van der Waals surface area contributed by atoms with Crippen molar-refractivity contribution < 1.29 is 19.4 Å². The molecule has 2 unspecified atom stereocenters. The van der Waals surface area contributed by atoms with E-state index in [-0.39, 0.29) is 18.6 Å². The Hall–Kier alpha value is -1.75. The van der Waals surface area contributed by atoms with Crippen LogP contribution in [0.1, 0.15) is 39.4 Å². The highest BCUT2D eigenvalue weighted by atomic mass is 16.5. The molecule has 0 fully saturated rings. The van der Waals surface area contributed by atoms with Gasteiger partial charge < -0.3 is 19.9 Å². The fourth-order valence-electron chi connectivity index (χ4n) is 1.67. The van der Waals surface area contributed by atoms with Crippen molar-refractivity contribution in [3.05, 3.63) is 23.8 Å². The third-order valence-electron chi connectivity index (χ3n) is 3.42. The normalized spacial score (nSPS) is 13.7. The third kappa shape index (κ3) is 5.27. The molecule has 0 heterocycles. The largest absolute Gasteiger partial charge is 0.493 e. The van der Waals surface area contributed by atoms with Crippen molar-refractivity contribution in [2.24, 2.45) is 5.92 Å². The van der Waals surface area contributed by atoms with Crippen molar-refractivity contribution in [2.75, 3.05) is 13.7 Å². The molecule has 0 aliphatic rings. The summed E-state index contributed by atoms with van der Waals surface area (Å²) < 4.78 is 10.7. The molecule has 0 aliphatic heterocycles. The standard InChI is InChI=1S/C16H25NO4/c1-10(2)11(3)17-16(19)9-21-14-7-6-13(12(4)18)8-15(14)20-5/h6-8,10-12,18H,9H2,1-5H3,(H,17,19). The molecular formula is C16H25NO4. The first-order valence-electron chi connectivity index (χ1n) is 7.13. The lowest BCUT2D eigenvalue weighted by Gasteiger charge is -2.18. The van der Waals surface area contributed by atoms with Crippen molar-refractivity contribution >= 4 is 5.91 Å². The van der Waals surface area contributed by atoms with E-state index < -0.39 is 6.10 Å². The van der Waals surface area contributed by atoms with Gasteiger partial charge in [-0.2, -0.15) is 0 Å². The van der Waals surface area contributed by atoms with Gasteiger partial charge in [0.15, 0.2) is 18.1 Å². The van der Waals surface area contributed by atoms with Gasteiger partial charge in [-0.1, -0.05) is 19.9 Å². The van der Waals surface area contributed by atoms with Gasteiger partial charge in [-0.25, -0.2) is 0 Å². The summed E-state index contributed by atoms with van der Waals surface area (Å²) in [4.78, 5) is 11.8. The molecule has 118 valence electrons. The summed E-state index contributed by atoms with van der Waals surface area (Å²) in [5.74, 6) is 1.18. The van der Waals surface area contributed by atoms with Crippen LogP contribution in [0.5, 0.6) is 11.5 Å². The lowest BCUT2D eigenvalue weighted by atomic mass is 10.1. The molecule has 0 spiro atoms. The van der Waals surface area contributed by atoms with E-state index in [0.717, 1.165) is 5.56 Å². The first-order chi connectivity index (χ1) is 9.85. The zero-order chi connectivity index (χ0) is 16.0. The van der Waals surface area contributed by atoms with Crippen LogP contribution in [0.2, 0.25) is 0 Å². The average Bonchev–Trinajstić information content (AvgIpc) is 2.44. The Morgan fingerprint density at radius 2 is 1.90 bits per heavy atom. The van der Waals surface area contributed by atoms with Gasteiger partial charge >= 0.3 is 0 Å². The van der Waals surface area contributed by atoms with Crippen molar-refractivity contribution in [1.29, 1.82) is 0 Å². The number of carbonyl (C=O) groups excluding carboxylic acids is 1. The number of aliphatic hydroxyl groups is 1. The zero-order valence-corrected chi connectivity index (χ0v) is 13.3. The molecule has 1 rings (SSSR count). The summed E-state index contributed by atoms with van der Waals surface area (Å²) in [6, 6.07) is 5.24. The highest BCUT2D eigenvalue weighted by molar-refractivity contribution is 5.77. The maximum Gasteiger partial charge on any atom is 0.258 e. The van der Waals surface area contributed by atoms with E-state index in [1.54, 1.807) is 25.1 Å². The number of nitrogens with one attached hydrogen (secondary N) is 1. The fraction of sp³-hybridized carbons (Fsp3) is 0.562. The molecule has 2 atom stereocenters. The highest BCUT2D eigenvalue weighted by Crippen LogP contribution is 2.30. The first-order valence-corrected chi connectivity index (χ1v) is 7.13. The summed E-state index contributed by atoms with van der Waals surface area (Å²) in [5.41, 5.74) is 0.733. The quantitative estimate of drug-likeness (QED) is 0.810. The van der Waals surface area contributed by atoms with E-state index in [1.165, 1.54) is 7.11 Å². The fourth-order valence-corrected chi connectivity index (χ4v) is 1.67. The minimum Gasteiger partial charge on any atom is -0.493 e. The molecule has 5 heteroatoms. The van der Waals surface area contributed by atoms with Gasteiger partial charge in [0.2, 0.25) is 0 Å². The van der Waals surface area contributed by atoms with Crippen molar-refractivity contribution in [3.8, 4) is 11.5 Å². The number of hydrogen-bond donors (Lipinski definition) is 2. The summed E-state index contributed by atoms with van der Waals surface area (Å²) in [5, 5.41) is 12.4. The molecule has 2 N–H and O–H groups in total. The topological polar surface area (TPSA) is 67.8 Å². The van der Waals surface area contributed by atoms with Crippen molar-refractivity contribution in [3.63, 3.8) is 0 Å². The van der Waals surface area contributed by atoms with Crippen LogP contribution in [-0.4, -0.2) is 30.8 Å². The van der Waals surface area contributed by atoms with Crippen molar-refractivity contribution in [2.45, 2.75) is 39.8 Å². The van der Waals surface area contributed by atoms with Gasteiger partial charge in [-0.3, -0.25) is 4.79 Å². The summed E-state index contributed by atoms with van der Waals surface area (Å²) in [7, 11) is 1.52. The predicted molar refractivity (Wildman–Crippen MR) is 81.6 cm³/mol. The maximum absolute atomic E-state index is 11.8. The highest BCUT2D eigenvalue weighted by Gasteiger charge is 2.13. The molecule has 0 aromatic heterocycles. The number of hydrogen-bond acceptors (Lipinski definition) is 4. The third-order valence-corrected chi connectivity index (χ3v) is 3.42. The predicted octanol–water partition coefficient (Wildman–Crippen LogP) is 2.29. The number of carbonyl (C=O) groups is 1. The zero-order valence-electron chi connectivity index (χ0n) is 13.3. The second-order valence-electron chi connectivity index (χ2n) is 5.48. The number of amides is 1. The average molecular weight is 295 g/mol. The Labute approximate surface area is 126 Å². The number of aliphatic hydroxyl groups excluding tert-OH is 1. The monoisotopic (exact) mass is 295 g/mol. The molecular weight excluding hydrogens is 270 g/mol. The van der Waals surface area contributed by atoms with Crippen LogP contribution in [0.3, 0.4) is 0 Å². The molecule has 0 bridgehead atoms. The second kappa shape index (κ2) is 7.88. The van der Waals surface area contributed by atoms with E-state index in [2.05, 4.69) is 5.32 Å². The first kappa shape index (κ1) is 17.3. The molecule has 0 aliphatic carbocycles. The Morgan fingerprint density at radius 1 is 1.24 bits per heavy atom. The van der Waals surface area contributed by atoms with Crippen LogP contribution >= 0.6 is 0 Å². The molecule has 0 saturated carbocycles. The van der Waals surface area contributed by atoms with Crippen LogP contribution in [0.25, 0.3) is 0 Å². The molecule has 21 heavy (non-hydrogen) atoms. The number of rotatable bonds is 7. The van der Waals surface area contributed by atoms with E-state index in [0.29, 0.717) is 17.4 Å².